The zero-order valence-corrected chi connectivity index (χ0v) is 17.0. The smallest absolute Gasteiger partial charge is 0.226 e. The molecule has 0 aliphatic heterocycles. The third-order valence-corrected chi connectivity index (χ3v) is 5.84. The van der Waals surface area contributed by atoms with Gasteiger partial charge in [0.25, 0.3) is 0 Å². The van der Waals surface area contributed by atoms with Crippen LogP contribution in [-0.4, -0.2) is 16.6 Å². The van der Waals surface area contributed by atoms with Crippen molar-refractivity contribution in [2.75, 3.05) is 11.1 Å². The van der Waals surface area contributed by atoms with Crippen molar-refractivity contribution in [3.05, 3.63) is 64.0 Å². The lowest BCUT2D eigenvalue weighted by Crippen LogP contribution is -2.11. The van der Waals surface area contributed by atoms with Crippen LogP contribution in [0.1, 0.15) is 17.5 Å². The van der Waals surface area contributed by atoms with Crippen LogP contribution in [0.15, 0.2) is 52.7 Å². The number of aryl methyl sites for hydroxylation is 2. The van der Waals surface area contributed by atoms with Gasteiger partial charge in [0, 0.05) is 33.0 Å². The standard InChI is InChI=1S/C20H19ClN2OS2/c1-13-3-8-17(14(2)11-13)18-12-26-20(22-18)23-19(24)9-10-25-16-6-4-15(21)5-7-16/h3-8,11-12H,9-10H2,1-2H3,(H,22,23,24). The molecule has 0 atom stereocenters. The van der Waals surface area contributed by atoms with Crippen molar-refractivity contribution in [3.8, 4) is 11.3 Å². The summed E-state index contributed by atoms with van der Waals surface area (Å²) in [6.45, 7) is 4.15. The second-order valence-corrected chi connectivity index (χ2v) is 8.42. The van der Waals surface area contributed by atoms with Crippen LogP contribution in [0.2, 0.25) is 5.02 Å². The predicted octanol–water partition coefficient (Wildman–Crippen LogP) is 6.20. The number of amides is 1. The quantitative estimate of drug-likeness (QED) is 0.499. The fraction of sp³-hybridized carbons (Fsp3) is 0.200. The summed E-state index contributed by atoms with van der Waals surface area (Å²) >= 11 is 8.96. The molecule has 3 rings (SSSR count). The summed E-state index contributed by atoms with van der Waals surface area (Å²) in [7, 11) is 0. The van der Waals surface area contributed by atoms with Gasteiger partial charge in [-0.15, -0.1) is 23.1 Å². The molecule has 0 spiro atoms. The zero-order chi connectivity index (χ0) is 18.5. The summed E-state index contributed by atoms with van der Waals surface area (Å²) in [5.74, 6) is 0.691. The van der Waals surface area contributed by atoms with Gasteiger partial charge in [-0.2, -0.15) is 0 Å². The largest absolute Gasteiger partial charge is 0.302 e. The van der Waals surface area contributed by atoms with Crippen LogP contribution >= 0.6 is 34.7 Å². The van der Waals surface area contributed by atoms with Gasteiger partial charge < -0.3 is 5.32 Å². The number of anilines is 1. The molecule has 26 heavy (non-hydrogen) atoms. The van der Waals surface area contributed by atoms with E-state index in [0.717, 1.165) is 21.2 Å². The normalized spacial score (nSPS) is 10.7. The van der Waals surface area contributed by atoms with E-state index >= 15 is 0 Å². The minimum atomic E-state index is -0.0204. The number of thioether (sulfide) groups is 1. The molecule has 1 heterocycles. The second-order valence-electron chi connectivity index (χ2n) is 5.96. The summed E-state index contributed by atoms with van der Waals surface area (Å²) in [5.41, 5.74) is 4.42. The third-order valence-electron chi connectivity index (χ3n) is 3.82. The van der Waals surface area contributed by atoms with Gasteiger partial charge in [-0.05, 0) is 43.7 Å². The number of benzene rings is 2. The molecule has 0 bridgehead atoms. The first-order chi connectivity index (χ1) is 12.5. The van der Waals surface area contributed by atoms with Crippen molar-refractivity contribution in [1.82, 2.24) is 4.98 Å². The highest BCUT2D eigenvalue weighted by atomic mass is 35.5. The van der Waals surface area contributed by atoms with E-state index in [1.54, 1.807) is 11.8 Å². The molecule has 0 aliphatic carbocycles. The van der Waals surface area contributed by atoms with Crippen molar-refractivity contribution in [1.29, 1.82) is 0 Å². The number of carbonyl (C=O) groups excluding carboxylic acids is 1. The Labute approximate surface area is 166 Å². The first-order valence-corrected chi connectivity index (χ1v) is 10.5. The van der Waals surface area contributed by atoms with Crippen molar-refractivity contribution in [2.24, 2.45) is 0 Å². The van der Waals surface area contributed by atoms with E-state index in [1.807, 2.05) is 29.6 Å². The van der Waals surface area contributed by atoms with Crippen molar-refractivity contribution >= 4 is 45.7 Å². The predicted molar refractivity (Wildman–Crippen MR) is 112 cm³/mol. The summed E-state index contributed by atoms with van der Waals surface area (Å²) in [6, 6.07) is 13.9. The summed E-state index contributed by atoms with van der Waals surface area (Å²) in [6.07, 6.45) is 0.436. The number of hydrogen-bond acceptors (Lipinski definition) is 4. The SMILES string of the molecule is Cc1ccc(-c2csc(NC(=O)CCSc3ccc(Cl)cc3)n2)c(C)c1. The van der Waals surface area contributed by atoms with Gasteiger partial charge in [0.1, 0.15) is 0 Å². The van der Waals surface area contributed by atoms with E-state index in [-0.39, 0.29) is 5.91 Å². The molecule has 2 aromatic carbocycles. The van der Waals surface area contributed by atoms with E-state index in [1.165, 1.54) is 22.5 Å². The molecule has 1 amide bonds. The average Bonchev–Trinajstić information content (AvgIpc) is 3.04. The number of hydrogen-bond donors (Lipinski definition) is 1. The molecule has 0 radical (unpaired) electrons. The Morgan fingerprint density at radius 1 is 1.19 bits per heavy atom. The molecule has 1 N–H and O–H groups in total. The number of nitrogens with one attached hydrogen (secondary N) is 1. The molecule has 0 fully saturated rings. The van der Waals surface area contributed by atoms with Crippen molar-refractivity contribution < 1.29 is 4.79 Å². The molecule has 6 heteroatoms. The fourth-order valence-corrected chi connectivity index (χ4v) is 4.23. The lowest BCUT2D eigenvalue weighted by atomic mass is 10.0. The van der Waals surface area contributed by atoms with Gasteiger partial charge in [0.15, 0.2) is 5.13 Å². The van der Waals surface area contributed by atoms with E-state index in [4.69, 9.17) is 11.6 Å². The number of halogens is 1. The minimum absolute atomic E-state index is 0.0204. The summed E-state index contributed by atoms with van der Waals surface area (Å²) < 4.78 is 0. The number of aromatic nitrogens is 1. The van der Waals surface area contributed by atoms with Gasteiger partial charge in [0.2, 0.25) is 5.91 Å². The topological polar surface area (TPSA) is 42.0 Å². The maximum atomic E-state index is 12.1. The lowest BCUT2D eigenvalue weighted by Gasteiger charge is -2.04. The highest BCUT2D eigenvalue weighted by molar-refractivity contribution is 7.99. The van der Waals surface area contributed by atoms with Gasteiger partial charge in [0.05, 0.1) is 5.69 Å². The monoisotopic (exact) mass is 402 g/mol. The second kappa shape index (κ2) is 8.71. The Balaban J connectivity index is 1.53. The fourth-order valence-electron chi connectivity index (χ4n) is 2.53. The molecule has 0 aliphatic rings. The zero-order valence-electron chi connectivity index (χ0n) is 14.6. The van der Waals surface area contributed by atoms with Gasteiger partial charge >= 0.3 is 0 Å². The van der Waals surface area contributed by atoms with E-state index in [9.17, 15) is 4.79 Å². The average molecular weight is 403 g/mol. The van der Waals surface area contributed by atoms with E-state index < -0.39 is 0 Å². The highest BCUT2D eigenvalue weighted by Gasteiger charge is 2.10. The van der Waals surface area contributed by atoms with Crippen LogP contribution in [0.5, 0.6) is 0 Å². The van der Waals surface area contributed by atoms with Crippen molar-refractivity contribution in [3.63, 3.8) is 0 Å². The Hall–Kier alpha value is -1.82. The number of rotatable bonds is 6. The molecular formula is C20H19ClN2OS2. The molecule has 0 saturated carbocycles. The summed E-state index contributed by atoms with van der Waals surface area (Å²) in [4.78, 5) is 17.8. The van der Waals surface area contributed by atoms with Crippen LogP contribution in [0.4, 0.5) is 5.13 Å². The molecule has 0 unspecified atom stereocenters. The molecular weight excluding hydrogens is 384 g/mol. The van der Waals surface area contributed by atoms with Crippen LogP contribution in [-0.2, 0) is 4.79 Å². The molecule has 3 aromatic rings. The van der Waals surface area contributed by atoms with E-state index in [2.05, 4.69) is 42.3 Å². The van der Waals surface area contributed by atoms with Crippen LogP contribution in [0.3, 0.4) is 0 Å². The molecule has 134 valence electrons. The molecule has 0 saturated heterocycles. The van der Waals surface area contributed by atoms with Crippen LogP contribution in [0, 0.1) is 13.8 Å². The third kappa shape index (κ3) is 5.10. The minimum Gasteiger partial charge on any atom is -0.302 e. The number of carbonyl (C=O) groups is 1. The Morgan fingerprint density at radius 2 is 1.96 bits per heavy atom. The van der Waals surface area contributed by atoms with Crippen molar-refractivity contribution in [2.45, 2.75) is 25.2 Å². The molecule has 3 nitrogen and oxygen atoms in total. The summed E-state index contributed by atoms with van der Waals surface area (Å²) in [5, 5.41) is 6.23. The van der Waals surface area contributed by atoms with Crippen LogP contribution < -0.4 is 5.32 Å². The molecule has 1 aromatic heterocycles. The van der Waals surface area contributed by atoms with Gasteiger partial charge in [-0.25, -0.2) is 4.98 Å². The van der Waals surface area contributed by atoms with Gasteiger partial charge in [-0.1, -0.05) is 35.4 Å². The number of nitrogens with zero attached hydrogens (tertiary/aromatic N) is 1. The van der Waals surface area contributed by atoms with Crippen LogP contribution in [0.25, 0.3) is 11.3 Å². The van der Waals surface area contributed by atoms with Gasteiger partial charge in [-0.3, -0.25) is 4.79 Å². The Kier molecular flexibility index (Phi) is 6.35. The van der Waals surface area contributed by atoms with E-state index in [0.29, 0.717) is 17.3 Å². The maximum absolute atomic E-state index is 12.1. The first-order valence-electron chi connectivity index (χ1n) is 8.22. The number of thiazole rings is 1. The lowest BCUT2D eigenvalue weighted by molar-refractivity contribution is -0.115. The Morgan fingerprint density at radius 3 is 2.69 bits per heavy atom. The maximum Gasteiger partial charge on any atom is 0.226 e. The Bertz CT molecular complexity index is 906. The first kappa shape index (κ1) is 19.0. The highest BCUT2D eigenvalue weighted by Crippen LogP contribution is 2.28.